The van der Waals surface area contributed by atoms with Crippen molar-refractivity contribution in [2.75, 3.05) is 29.5 Å². The average molecular weight is 791 g/mol. The molecule has 3 aliphatic rings. The molecule has 7 heteroatoms. The van der Waals surface area contributed by atoms with Crippen molar-refractivity contribution in [3.8, 4) is 0 Å². The van der Waals surface area contributed by atoms with Gasteiger partial charge in [-0.1, -0.05) is 106 Å². The van der Waals surface area contributed by atoms with E-state index in [1.807, 2.05) is 12.1 Å². The number of unbranched alkanes of at least 4 members (excludes halogenated alkanes) is 1. The molecule has 0 atom stereocenters. The monoisotopic (exact) mass is 790 g/mol. The Balaban J connectivity index is 1.25. The summed E-state index contributed by atoms with van der Waals surface area (Å²) in [6, 6.07) is 34.5. The van der Waals surface area contributed by atoms with Crippen LogP contribution in [0.15, 0.2) is 138 Å². The van der Waals surface area contributed by atoms with Gasteiger partial charge in [0.05, 0.1) is 11.2 Å². The van der Waals surface area contributed by atoms with Gasteiger partial charge in [0.25, 0.3) is 10.1 Å². The minimum atomic E-state index is -4.09. The summed E-state index contributed by atoms with van der Waals surface area (Å²) in [5, 5.41) is 4.98. The van der Waals surface area contributed by atoms with Gasteiger partial charge in [0, 0.05) is 53.2 Å². The summed E-state index contributed by atoms with van der Waals surface area (Å²) in [4.78, 5) is 2.27. The summed E-state index contributed by atoms with van der Waals surface area (Å²) in [5.74, 6) is -0.284. The van der Waals surface area contributed by atoms with Crippen LogP contribution >= 0.6 is 0 Å². The third-order valence-electron chi connectivity index (χ3n) is 12.6. The average Bonchev–Trinajstić information content (AvgIpc) is 3.56. The van der Waals surface area contributed by atoms with Crippen LogP contribution in [-0.4, -0.2) is 42.1 Å². The zero-order valence-electron chi connectivity index (χ0n) is 34.6. The van der Waals surface area contributed by atoms with Crippen LogP contribution in [-0.2, 0) is 20.9 Å². The van der Waals surface area contributed by atoms with Crippen LogP contribution in [0.2, 0.25) is 0 Å². The van der Waals surface area contributed by atoms with E-state index in [1.54, 1.807) is 0 Å². The first-order chi connectivity index (χ1) is 27.8. The number of benzene rings is 5. The fraction of sp³-hybridized carbons (Fsp3) is 0.314. The molecule has 298 valence electrons. The maximum Gasteiger partial charge on any atom is 0.264 e. The van der Waals surface area contributed by atoms with Crippen molar-refractivity contribution in [3.05, 3.63) is 155 Å². The van der Waals surface area contributed by atoms with E-state index in [0.29, 0.717) is 13.0 Å². The molecular formula is C51H56N3O3S+. The van der Waals surface area contributed by atoms with Gasteiger partial charge in [0.15, 0.2) is 5.71 Å². The first kappa shape index (κ1) is 39.6. The number of nitrogen functional groups attached to an aromatic ring is 1. The molecule has 8 rings (SSSR count). The molecule has 5 aromatic carbocycles. The van der Waals surface area contributed by atoms with Gasteiger partial charge in [0.2, 0.25) is 5.69 Å². The lowest BCUT2D eigenvalue weighted by Gasteiger charge is -2.28. The molecule has 58 heavy (non-hydrogen) atoms. The van der Waals surface area contributed by atoms with Crippen LogP contribution in [0.5, 0.6) is 0 Å². The standard InChI is InChI=1S/C51H55N3O3S/c1-6-7-32-53-43-28-22-35-14-8-10-18-41(35)48(43)50(2,3)45(53)30-24-37-16-12-17-38(47(37)39-20-26-40(52)27-21-39)25-31-46-51(4,5)49-42-19-11-9-15-36(42)23-29-44(49)54(46)33-13-34-58(55,56)57/h8-11,14-15,18-31,52H,6-7,12-13,16-17,32-34H2,1-5H3,(H,55,56,57)/p+1/b38-25+,46-31+. The zero-order chi connectivity index (χ0) is 40.8. The number of allylic oxidation sites excluding steroid dienone is 8. The Morgan fingerprint density at radius 1 is 0.776 bits per heavy atom. The molecule has 0 radical (unpaired) electrons. The first-order valence-electron chi connectivity index (χ1n) is 20.9. The predicted molar refractivity (Wildman–Crippen MR) is 244 cm³/mol. The van der Waals surface area contributed by atoms with Gasteiger partial charge in [0.1, 0.15) is 6.54 Å². The molecule has 0 saturated carbocycles. The summed E-state index contributed by atoms with van der Waals surface area (Å²) < 4.78 is 35.9. The maximum absolute atomic E-state index is 11.8. The van der Waals surface area contributed by atoms with E-state index in [1.165, 1.54) is 60.8 Å². The van der Waals surface area contributed by atoms with Gasteiger partial charge < -0.3 is 10.6 Å². The Morgan fingerprint density at radius 3 is 2.14 bits per heavy atom. The number of rotatable bonds is 11. The molecule has 2 aliphatic heterocycles. The van der Waals surface area contributed by atoms with Crippen LogP contribution in [0.1, 0.15) is 89.8 Å². The number of hydrogen-bond donors (Lipinski definition) is 2. The zero-order valence-corrected chi connectivity index (χ0v) is 35.4. The summed E-state index contributed by atoms with van der Waals surface area (Å²) in [5.41, 5.74) is 18.9. The lowest BCUT2D eigenvalue weighted by atomic mass is 9.78. The van der Waals surface area contributed by atoms with Crippen LogP contribution < -0.4 is 10.6 Å². The Labute approximate surface area is 344 Å². The predicted octanol–water partition coefficient (Wildman–Crippen LogP) is 11.8. The van der Waals surface area contributed by atoms with Crippen molar-refractivity contribution in [2.45, 2.75) is 84.0 Å². The quantitative estimate of drug-likeness (QED) is 0.0790. The Bertz CT molecular complexity index is 2700. The summed E-state index contributed by atoms with van der Waals surface area (Å²) in [7, 11) is -4.09. The third kappa shape index (κ3) is 7.24. The normalized spacial score (nSPS) is 19.0. The number of hydrogen-bond acceptors (Lipinski definition) is 4. The van der Waals surface area contributed by atoms with Crippen molar-refractivity contribution >= 4 is 60.0 Å². The molecule has 3 N–H and O–H groups in total. The summed E-state index contributed by atoms with van der Waals surface area (Å²) in [6.07, 6.45) is 14.8. The minimum Gasteiger partial charge on any atom is -0.399 e. The topological polar surface area (TPSA) is 86.6 Å². The minimum absolute atomic E-state index is 0.188. The molecule has 0 saturated heterocycles. The van der Waals surface area contributed by atoms with Crippen LogP contribution in [0.25, 0.3) is 27.1 Å². The lowest BCUT2D eigenvalue weighted by Crippen LogP contribution is -2.28. The molecule has 0 amide bonds. The molecule has 6 nitrogen and oxygen atoms in total. The second kappa shape index (κ2) is 15.5. The van der Waals surface area contributed by atoms with E-state index in [0.717, 1.165) is 61.3 Å². The van der Waals surface area contributed by atoms with E-state index in [9.17, 15) is 13.0 Å². The second-order valence-electron chi connectivity index (χ2n) is 17.2. The first-order valence-corrected chi connectivity index (χ1v) is 22.5. The van der Waals surface area contributed by atoms with E-state index in [2.05, 4.69) is 153 Å². The van der Waals surface area contributed by atoms with Gasteiger partial charge >= 0.3 is 0 Å². The molecule has 5 aromatic rings. The molecular weight excluding hydrogens is 735 g/mol. The van der Waals surface area contributed by atoms with E-state index in [-0.39, 0.29) is 16.6 Å². The Hall–Kier alpha value is -5.24. The molecule has 2 heterocycles. The van der Waals surface area contributed by atoms with Gasteiger partial charge in [-0.05, 0) is 119 Å². The molecule has 0 bridgehead atoms. The highest BCUT2D eigenvalue weighted by molar-refractivity contribution is 7.85. The van der Waals surface area contributed by atoms with Crippen molar-refractivity contribution in [3.63, 3.8) is 0 Å². The van der Waals surface area contributed by atoms with Crippen LogP contribution in [0.3, 0.4) is 0 Å². The summed E-state index contributed by atoms with van der Waals surface area (Å²) >= 11 is 0. The number of anilines is 2. The lowest BCUT2D eigenvalue weighted by molar-refractivity contribution is -0.438. The fourth-order valence-electron chi connectivity index (χ4n) is 9.91. The molecule has 0 aromatic heterocycles. The van der Waals surface area contributed by atoms with Crippen molar-refractivity contribution in [1.82, 2.24) is 0 Å². The second-order valence-corrected chi connectivity index (χ2v) is 18.8. The van der Waals surface area contributed by atoms with Gasteiger partial charge in [-0.3, -0.25) is 4.55 Å². The van der Waals surface area contributed by atoms with Gasteiger partial charge in [-0.15, -0.1) is 0 Å². The summed E-state index contributed by atoms with van der Waals surface area (Å²) in [6.45, 7) is 13.0. The number of nitrogens with zero attached hydrogens (tertiary/aromatic N) is 2. The van der Waals surface area contributed by atoms with Crippen molar-refractivity contribution in [1.29, 1.82) is 0 Å². The van der Waals surface area contributed by atoms with E-state index >= 15 is 0 Å². The van der Waals surface area contributed by atoms with Crippen molar-refractivity contribution < 1.29 is 17.5 Å². The number of fused-ring (bicyclic) bond motifs is 6. The van der Waals surface area contributed by atoms with Gasteiger partial charge in [-0.25, -0.2) is 0 Å². The largest absolute Gasteiger partial charge is 0.399 e. The molecule has 0 unspecified atom stereocenters. The van der Waals surface area contributed by atoms with E-state index in [4.69, 9.17) is 5.73 Å². The van der Waals surface area contributed by atoms with Crippen molar-refractivity contribution in [2.24, 2.45) is 0 Å². The fourth-order valence-corrected chi connectivity index (χ4v) is 10.4. The Kier molecular flexibility index (Phi) is 10.6. The van der Waals surface area contributed by atoms with Crippen LogP contribution in [0, 0.1) is 0 Å². The molecule has 0 spiro atoms. The highest BCUT2D eigenvalue weighted by atomic mass is 32.2. The van der Waals surface area contributed by atoms with E-state index < -0.39 is 10.1 Å². The highest BCUT2D eigenvalue weighted by Gasteiger charge is 2.45. The Morgan fingerprint density at radius 2 is 1.45 bits per heavy atom. The molecule has 0 fully saturated rings. The van der Waals surface area contributed by atoms with Gasteiger partial charge in [-0.2, -0.15) is 13.0 Å². The smallest absolute Gasteiger partial charge is 0.264 e. The maximum atomic E-state index is 11.8. The molecule has 1 aliphatic carbocycles. The number of nitrogens with two attached hydrogens (primary N) is 1. The third-order valence-corrected chi connectivity index (χ3v) is 13.5. The highest BCUT2D eigenvalue weighted by Crippen LogP contribution is 2.51. The SMILES string of the molecule is CCCC[N+]1=C(/C=C/C2=C(c3ccc(N)cc3)C(=C/C=C3/N(CCCS(=O)(=O)O)c4ccc5ccccc5c4C3(C)C)/CCC2)C(C)(C)c2c1ccc1ccccc21. The van der Waals surface area contributed by atoms with Crippen LogP contribution in [0.4, 0.5) is 17.1 Å².